The van der Waals surface area contributed by atoms with Gasteiger partial charge in [-0.3, -0.25) is 4.40 Å². The summed E-state index contributed by atoms with van der Waals surface area (Å²) in [5.74, 6) is 0.638. The number of fused-ring (bicyclic) bond motifs is 1. The minimum absolute atomic E-state index is 0.268. The molecule has 0 aliphatic rings. The number of hydrogen-bond donors (Lipinski definition) is 1. The van der Waals surface area contributed by atoms with Gasteiger partial charge < -0.3 is 4.74 Å². The summed E-state index contributed by atoms with van der Waals surface area (Å²) in [5.41, 5.74) is 1.52. The van der Waals surface area contributed by atoms with E-state index < -0.39 is 10.0 Å². The summed E-state index contributed by atoms with van der Waals surface area (Å²) in [6.45, 7) is 2.05. The highest BCUT2D eigenvalue weighted by Gasteiger charge is 2.17. The average Bonchev–Trinajstić information content (AvgIpc) is 3.07. The van der Waals surface area contributed by atoms with Crippen LogP contribution in [0.15, 0.2) is 40.9 Å². The summed E-state index contributed by atoms with van der Waals surface area (Å²) in [5, 5.41) is 1.96. The minimum Gasteiger partial charge on any atom is -0.497 e. The molecule has 0 fully saturated rings. The number of nitrogens with one attached hydrogen (secondary N) is 1. The summed E-state index contributed by atoms with van der Waals surface area (Å²) in [6, 6.07) is 4.91. The fourth-order valence-electron chi connectivity index (χ4n) is 2.34. The zero-order valence-electron chi connectivity index (χ0n) is 12.8. The Morgan fingerprint density at radius 2 is 2.22 bits per heavy atom. The number of aromatic nitrogens is 2. The van der Waals surface area contributed by atoms with Crippen LogP contribution in [0.5, 0.6) is 5.75 Å². The SMILES string of the molecule is COc1ccc(S(=O)(=O)NCCc2cn3ccsc3n2)c(C)c1. The van der Waals surface area contributed by atoms with Gasteiger partial charge in [0.05, 0.1) is 17.7 Å². The van der Waals surface area contributed by atoms with Crippen molar-refractivity contribution in [2.24, 2.45) is 0 Å². The van der Waals surface area contributed by atoms with Gasteiger partial charge >= 0.3 is 0 Å². The van der Waals surface area contributed by atoms with Crippen LogP contribution < -0.4 is 9.46 Å². The number of benzene rings is 1. The van der Waals surface area contributed by atoms with Gasteiger partial charge in [-0.05, 0) is 30.7 Å². The molecule has 0 unspecified atom stereocenters. The van der Waals surface area contributed by atoms with Crippen molar-refractivity contribution in [3.8, 4) is 5.75 Å². The molecule has 2 aromatic heterocycles. The first kappa shape index (κ1) is 16.0. The molecule has 0 bridgehead atoms. The fraction of sp³-hybridized carbons (Fsp3) is 0.267. The first-order chi connectivity index (χ1) is 11.0. The maximum absolute atomic E-state index is 12.4. The van der Waals surface area contributed by atoms with E-state index in [9.17, 15) is 8.42 Å². The van der Waals surface area contributed by atoms with Crippen LogP contribution in [-0.2, 0) is 16.4 Å². The zero-order valence-corrected chi connectivity index (χ0v) is 14.4. The van der Waals surface area contributed by atoms with Gasteiger partial charge in [-0.2, -0.15) is 0 Å². The van der Waals surface area contributed by atoms with E-state index in [2.05, 4.69) is 9.71 Å². The Balaban J connectivity index is 1.67. The van der Waals surface area contributed by atoms with Gasteiger partial charge in [-0.15, -0.1) is 11.3 Å². The molecule has 3 rings (SSSR count). The molecule has 0 radical (unpaired) electrons. The van der Waals surface area contributed by atoms with Crippen LogP contribution in [0.4, 0.5) is 0 Å². The van der Waals surface area contributed by atoms with Crippen molar-refractivity contribution in [1.82, 2.24) is 14.1 Å². The number of ether oxygens (including phenoxy) is 1. The molecule has 23 heavy (non-hydrogen) atoms. The van der Waals surface area contributed by atoms with Crippen molar-refractivity contribution in [3.05, 3.63) is 47.2 Å². The standard InChI is InChI=1S/C15H17N3O3S2/c1-11-9-13(21-2)3-4-14(11)23(19,20)16-6-5-12-10-18-7-8-22-15(18)17-12/h3-4,7-10,16H,5-6H2,1-2H3. The third-order valence-corrected chi connectivity index (χ3v) is 5.88. The smallest absolute Gasteiger partial charge is 0.240 e. The van der Waals surface area contributed by atoms with Gasteiger partial charge in [0.15, 0.2) is 4.96 Å². The predicted octanol–water partition coefficient (Wildman–Crippen LogP) is 2.23. The normalized spacial score (nSPS) is 11.9. The number of hydrogen-bond acceptors (Lipinski definition) is 5. The lowest BCUT2D eigenvalue weighted by Crippen LogP contribution is -2.26. The molecule has 0 saturated heterocycles. The fourth-order valence-corrected chi connectivity index (χ4v) is 4.31. The topological polar surface area (TPSA) is 72.7 Å². The van der Waals surface area contributed by atoms with Crippen LogP contribution in [0, 0.1) is 6.92 Å². The Hall–Kier alpha value is -1.90. The molecular formula is C15H17N3O3S2. The monoisotopic (exact) mass is 351 g/mol. The summed E-state index contributed by atoms with van der Waals surface area (Å²) in [4.78, 5) is 5.61. The second kappa shape index (κ2) is 6.31. The van der Waals surface area contributed by atoms with Crippen molar-refractivity contribution < 1.29 is 13.2 Å². The van der Waals surface area contributed by atoms with E-state index in [1.807, 2.05) is 22.2 Å². The lowest BCUT2D eigenvalue weighted by atomic mass is 10.2. The Bertz CT molecular complexity index is 900. The molecule has 0 aliphatic heterocycles. The summed E-state index contributed by atoms with van der Waals surface area (Å²) in [7, 11) is -1.99. The van der Waals surface area contributed by atoms with Crippen LogP contribution in [0.1, 0.15) is 11.3 Å². The molecule has 2 heterocycles. The second-order valence-electron chi connectivity index (χ2n) is 5.10. The molecule has 8 heteroatoms. The highest BCUT2D eigenvalue weighted by atomic mass is 32.2. The van der Waals surface area contributed by atoms with Gasteiger partial charge in [-0.25, -0.2) is 18.1 Å². The van der Waals surface area contributed by atoms with E-state index in [1.54, 1.807) is 43.6 Å². The summed E-state index contributed by atoms with van der Waals surface area (Å²) in [6.07, 6.45) is 4.39. The molecule has 1 aromatic carbocycles. The third kappa shape index (κ3) is 3.39. The maximum Gasteiger partial charge on any atom is 0.240 e. The van der Waals surface area contributed by atoms with Gasteiger partial charge in [0, 0.05) is 30.7 Å². The van der Waals surface area contributed by atoms with Crippen molar-refractivity contribution in [2.45, 2.75) is 18.2 Å². The second-order valence-corrected chi connectivity index (χ2v) is 7.71. The molecule has 0 saturated carbocycles. The van der Waals surface area contributed by atoms with E-state index in [0.717, 1.165) is 10.7 Å². The number of nitrogens with zero attached hydrogens (tertiary/aromatic N) is 2. The molecule has 0 aliphatic carbocycles. The number of sulfonamides is 1. The Labute approximate surface area is 138 Å². The lowest BCUT2D eigenvalue weighted by Gasteiger charge is -2.10. The van der Waals surface area contributed by atoms with E-state index >= 15 is 0 Å². The maximum atomic E-state index is 12.4. The molecule has 0 atom stereocenters. The number of methoxy groups -OCH3 is 1. The molecule has 3 aromatic rings. The first-order valence-electron chi connectivity index (χ1n) is 7.05. The molecule has 0 amide bonds. The number of aryl methyl sites for hydroxylation is 1. The van der Waals surface area contributed by atoms with Crippen LogP contribution in [0.2, 0.25) is 0 Å². The van der Waals surface area contributed by atoms with Gasteiger partial charge in [0.1, 0.15) is 5.75 Å². The zero-order chi connectivity index (χ0) is 16.4. The molecule has 122 valence electrons. The summed E-state index contributed by atoms with van der Waals surface area (Å²) < 4.78 is 34.4. The van der Waals surface area contributed by atoms with Gasteiger partial charge in [0.25, 0.3) is 0 Å². The highest BCUT2D eigenvalue weighted by molar-refractivity contribution is 7.89. The predicted molar refractivity (Wildman–Crippen MR) is 89.7 cm³/mol. The van der Waals surface area contributed by atoms with E-state index in [4.69, 9.17) is 4.74 Å². The van der Waals surface area contributed by atoms with Gasteiger partial charge in [-0.1, -0.05) is 0 Å². The van der Waals surface area contributed by atoms with Crippen LogP contribution in [0.3, 0.4) is 0 Å². The summed E-state index contributed by atoms with van der Waals surface area (Å²) >= 11 is 1.55. The van der Waals surface area contributed by atoms with Gasteiger partial charge in [0.2, 0.25) is 10.0 Å². The molecule has 0 spiro atoms. The number of imidazole rings is 1. The first-order valence-corrected chi connectivity index (χ1v) is 9.41. The number of thiazole rings is 1. The van der Waals surface area contributed by atoms with Crippen molar-refractivity contribution in [1.29, 1.82) is 0 Å². The van der Waals surface area contributed by atoms with Crippen LogP contribution >= 0.6 is 11.3 Å². The molecule has 1 N–H and O–H groups in total. The highest BCUT2D eigenvalue weighted by Crippen LogP contribution is 2.20. The largest absolute Gasteiger partial charge is 0.497 e. The average molecular weight is 351 g/mol. The Morgan fingerprint density at radius 3 is 2.91 bits per heavy atom. The van der Waals surface area contributed by atoms with Crippen LogP contribution in [0.25, 0.3) is 4.96 Å². The third-order valence-electron chi connectivity index (χ3n) is 3.49. The van der Waals surface area contributed by atoms with E-state index in [-0.39, 0.29) is 4.90 Å². The van der Waals surface area contributed by atoms with Crippen molar-refractivity contribution in [3.63, 3.8) is 0 Å². The lowest BCUT2D eigenvalue weighted by molar-refractivity contribution is 0.414. The van der Waals surface area contributed by atoms with Crippen LogP contribution in [-0.4, -0.2) is 31.5 Å². The minimum atomic E-state index is -3.54. The van der Waals surface area contributed by atoms with E-state index in [0.29, 0.717) is 24.3 Å². The molecule has 6 nitrogen and oxygen atoms in total. The quantitative estimate of drug-likeness (QED) is 0.739. The van der Waals surface area contributed by atoms with E-state index in [1.165, 1.54) is 0 Å². The van der Waals surface area contributed by atoms with Crippen molar-refractivity contribution >= 4 is 26.3 Å². The van der Waals surface area contributed by atoms with Crippen molar-refractivity contribution in [2.75, 3.05) is 13.7 Å². The Kier molecular flexibility index (Phi) is 4.38. The Morgan fingerprint density at radius 1 is 1.39 bits per heavy atom. The number of rotatable bonds is 6. The molecular weight excluding hydrogens is 334 g/mol.